The van der Waals surface area contributed by atoms with Crippen LogP contribution in [-0.4, -0.2) is 7.11 Å². The zero-order valence-electron chi connectivity index (χ0n) is 11.2. The van der Waals surface area contributed by atoms with Crippen LogP contribution in [0.3, 0.4) is 0 Å². The van der Waals surface area contributed by atoms with Gasteiger partial charge < -0.3 is 4.74 Å². The van der Waals surface area contributed by atoms with Crippen LogP contribution in [0, 0.1) is 0 Å². The molecule has 1 heterocycles. The molecule has 3 heteroatoms. The van der Waals surface area contributed by atoms with Crippen LogP contribution in [0.15, 0.2) is 54.6 Å². The highest BCUT2D eigenvalue weighted by molar-refractivity contribution is 9.09. The van der Waals surface area contributed by atoms with Gasteiger partial charge in [0.1, 0.15) is 5.75 Å². The predicted molar refractivity (Wildman–Crippen MR) is 90.2 cm³/mol. The maximum atomic E-state index is 5.28. The summed E-state index contributed by atoms with van der Waals surface area (Å²) in [6.07, 6.45) is 0.962. The second kappa shape index (κ2) is 5.98. The molecule has 0 radical (unpaired) electrons. The van der Waals surface area contributed by atoms with E-state index in [2.05, 4.69) is 58.4 Å². The normalized spacial score (nSPS) is 12.5. The number of benzene rings is 2. The molecule has 0 N–H and O–H groups in total. The number of halogens is 1. The lowest BCUT2D eigenvalue weighted by molar-refractivity contribution is 0.414. The molecule has 1 unspecified atom stereocenters. The molecule has 0 aliphatic rings. The lowest BCUT2D eigenvalue weighted by Crippen LogP contribution is -1.93. The van der Waals surface area contributed by atoms with Crippen molar-refractivity contribution in [1.29, 1.82) is 0 Å². The largest absolute Gasteiger partial charge is 0.497 e. The van der Waals surface area contributed by atoms with Gasteiger partial charge in [-0.3, -0.25) is 0 Å². The van der Waals surface area contributed by atoms with Crippen molar-refractivity contribution < 1.29 is 4.74 Å². The maximum Gasteiger partial charge on any atom is 0.119 e. The fourth-order valence-electron chi connectivity index (χ4n) is 2.26. The number of fused-ring (bicyclic) bond motifs is 1. The molecule has 1 atom stereocenters. The van der Waals surface area contributed by atoms with Crippen molar-refractivity contribution in [1.82, 2.24) is 0 Å². The Bertz CT molecular complexity index is 687. The van der Waals surface area contributed by atoms with Gasteiger partial charge in [0, 0.05) is 9.58 Å². The van der Waals surface area contributed by atoms with Gasteiger partial charge in [0.2, 0.25) is 0 Å². The molecular weight excluding hydrogens is 332 g/mol. The Balaban J connectivity index is 1.82. The van der Waals surface area contributed by atoms with Crippen molar-refractivity contribution in [3.8, 4) is 5.75 Å². The SMILES string of the molecule is COc1cccc(CC(Br)c2cc3ccccc3s2)c1. The molecule has 0 aliphatic heterocycles. The molecule has 1 nitrogen and oxygen atoms in total. The van der Waals surface area contributed by atoms with Crippen molar-refractivity contribution in [2.24, 2.45) is 0 Å². The van der Waals surface area contributed by atoms with Gasteiger partial charge in [0.15, 0.2) is 0 Å². The molecule has 20 heavy (non-hydrogen) atoms. The van der Waals surface area contributed by atoms with E-state index in [9.17, 15) is 0 Å². The average molecular weight is 347 g/mol. The molecule has 0 saturated carbocycles. The average Bonchev–Trinajstić information content (AvgIpc) is 2.91. The van der Waals surface area contributed by atoms with Crippen LogP contribution < -0.4 is 4.74 Å². The lowest BCUT2D eigenvalue weighted by atomic mass is 10.1. The fraction of sp³-hybridized carbons (Fsp3) is 0.176. The highest BCUT2D eigenvalue weighted by atomic mass is 79.9. The van der Waals surface area contributed by atoms with Crippen LogP contribution >= 0.6 is 27.3 Å². The summed E-state index contributed by atoms with van der Waals surface area (Å²) in [5, 5.41) is 1.32. The summed E-state index contributed by atoms with van der Waals surface area (Å²) in [4.78, 5) is 1.71. The smallest absolute Gasteiger partial charge is 0.119 e. The van der Waals surface area contributed by atoms with Gasteiger partial charge >= 0.3 is 0 Å². The van der Waals surface area contributed by atoms with E-state index in [0.29, 0.717) is 4.83 Å². The molecule has 3 rings (SSSR count). The summed E-state index contributed by atoms with van der Waals surface area (Å²) in [5.41, 5.74) is 1.28. The van der Waals surface area contributed by atoms with Gasteiger partial charge in [-0.1, -0.05) is 46.3 Å². The summed E-state index contributed by atoms with van der Waals surface area (Å²) in [6.45, 7) is 0. The molecule has 0 bridgehead atoms. The van der Waals surface area contributed by atoms with E-state index >= 15 is 0 Å². The Morgan fingerprint density at radius 2 is 1.95 bits per heavy atom. The Hall–Kier alpha value is -1.32. The first-order valence-corrected chi connectivity index (χ1v) is 8.25. The summed E-state index contributed by atoms with van der Waals surface area (Å²) < 4.78 is 6.62. The molecule has 0 spiro atoms. The predicted octanol–water partition coefficient (Wildman–Crippen LogP) is 5.59. The van der Waals surface area contributed by atoms with Crippen molar-refractivity contribution in [3.05, 3.63) is 65.0 Å². The highest BCUT2D eigenvalue weighted by Crippen LogP contribution is 2.36. The van der Waals surface area contributed by atoms with Crippen molar-refractivity contribution >= 4 is 37.4 Å². The number of methoxy groups -OCH3 is 1. The van der Waals surface area contributed by atoms with Gasteiger partial charge in [-0.2, -0.15) is 0 Å². The third-order valence-electron chi connectivity index (χ3n) is 3.30. The third-order valence-corrected chi connectivity index (χ3v) is 5.65. The van der Waals surface area contributed by atoms with Crippen LogP contribution in [0.1, 0.15) is 15.3 Å². The number of alkyl halides is 1. The first kappa shape index (κ1) is 13.7. The Labute approximate surface area is 131 Å². The van der Waals surface area contributed by atoms with Crippen LogP contribution in [-0.2, 0) is 6.42 Å². The summed E-state index contributed by atoms with van der Waals surface area (Å²) in [5.74, 6) is 0.915. The molecular formula is C17H15BrOS. The summed E-state index contributed by atoms with van der Waals surface area (Å²) >= 11 is 5.67. The zero-order chi connectivity index (χ0) is 13.9. The van der Waals surface area contributed by atoms with Gasteiger partial charge in [0.25, 0.3) is 0 Å². The van der Waals surface area contributed by atoms with Gasteiger partial charge in [0.05, 0.1) is 11.9 Å². The first-order valence-electron chi connectivity index (χ1n) is 6.52. The van der Waals surface area contributed by atoms with Gasteiger partial charge in [-0.15, -0.1) is 11.3 Å². The molecule has 0 aliphatic carbocycles. The fourth-order valence-corrected chi connectivity index (χ4v) is 4.09. The topological polar surface area (TPSA) is 9.23 Å². The van der Waals surface area contributed by atoms with E-state index in [1.54, 1.807) is 7.11 Å². The second-order valence-corrected chi connectivity index (χ2v) is 6.93. The van der Waals surface area contributed by atoms with E-state index in [1.165, 1.54) is 20.5 Å². The van der Waals surface area contributed by atoms with Crippen molar-refractivity contribution in [2.45, 2.75) is 11.2 Å². The molecule has 0 amide bonds. The molecule has 3 aromatic rings. The molecule has 2 aromatic carbocycles. The monoisotopic (exact) mass is 346 g/mol. The van der Waals surface area contributed by atoms with Crippen LogP contribution in [0.5, 0.6) is 5.75 Å². The van der Waals surface area contributed by atoms with Gasteiger partial charge in [-0.25, -0.2) is 0 Å². The Morgan fingerprint density at radius 1 is 1.10 bits per heavy atom. The quantitative estimate of drug-likeness (QED) is 0.559. The van der Waals surface area contributed by atoms with E-state index in [4.69, 9.17) is 4.74 Å². The number of thiophene rings is 1. The first-order chi connectivity index (χ1) is 9.76. The summed E-state index contributed by atoms with van der Waals surface area (Å²) in [7, 11) is 1.71. The lowest BCUT2D eigenvalue weighted by Gasteiger charge is -2.08. The minimum absolute atomic E-state index is 0.340. The number of rotatable bonds is 4. The van der Waals surface area contributed by atoms with E-state index in [0.717, 1.165) is 12.2 Å². The maximum absolute atomic E-state index is 5.28. The van der Waals surface area contributed by atoms with Gasteiger partial charge in [-0.05, 0) is 41.6 Å². The highest BCUT2D eigenvalue weighted by Gasteiger charge is 2.12. The van der Waals surface area contributed by atoms with Crippen molar-refractivity contribution in [3.63, 3.8) is 0 Å². The number of ether oxygens (including phenoxy) is 1. The van der Waals surface area contributed by atoms with E-state index < -0.39 is 0 Å². The van der Waals surface area contributed by atoms with E-state index in [-0.39, 0.29) is 0 Å². The molecule has 0 fully saturated rings. The molecule has 1 aromatic heterocycles. The molecule has 102 valence electrons. The number of hydrogen-bond donors (Lipinski definition) is 0. The van der Waals surface area contributed by atoms with Crippen LogP contribution in [0.25, 0.3) is 10.1 Å². The van der Waals surface area contributed by atoms with E-state index in [1.807, 2.05) is 23.5 Å². The minimum atomic E-state index is 0.340. The van der Waals surface area contributed by atoms with Crippen molar-refractivity contribution in [2.75, 3.05) is 7.11 Å². The number of hydrogen-bond acceptors (Lipinski definition) is 2. The standard InChI is InChI=1S/C17H15BrOS/c1-19-14-7-4-5-12(9-14)10-15(18)17-11-13-6-2-3-8-16(13)20-17/h2-9,11,15H,10H2,1H3. The Kier molecular flexibility index (Phi) is 4.08. The summed E-state index contributed by atoms with van der Waals surface area (Å²) in [6, 6.07) is 19.1. The second-order valence-electron chi connectivity index (χ2n) is 4.71. The van der Waals surface area contributed by atoms with Crippen LogP contribution in [0.2, 0.25) is 0 Å². The Morgan fingerprint density at radius 3 is 2.75 bits per heavy atom. The third kappa shape index (κ3) is 2.89. The minimum Gasteiger partial charge on any atom is -0.497 e. The zero-order valence-corrected chi connectivity index (χ0v) is 13.6. The van der Waals surface area contributed by atoms with Crippen LogP contribution in [0.4, 0.5) is 0 Å². The molecule has 0 saturated heterocycles.